The second-order valence-corrected chi connectivity index (χ2v) is 9.26. The molecule has 3 aromatic rings. The van der Waals surface area contributed by atoms with Gasteiger partial charge in [0.25, 0.3) is 0 Å². The number of nitrogens with two attached hydrogens (primary N) is 1. The highest BCUT2D eigenvalue weighted by Crippen LogP contribution is 2.40. The van der Waals surface area contributed by atoms with Gasteiger partial charge in [-0.2, -0.15) is 5.26 Å². The lowest BCUT2D eigenvalue weighted by Crippen LogP contribution is -2.55. The van der Waals surface area contributed by atoms with Gasteiger partial charge < -0.3 is 25.4 Å². The molecule has 0 bridgehead atoms. The van der Waals surface area contributed by atoms with Crippen LogP contribution in [-0.2, 0) is 9.47 Å². The summed E-state index contributed by atoms with van der Waals surface area (Å²) >= 11 is 8.49. The van der Waals surface area contributed by atoms with E-state index in [1.54, 1.807) is 17.6 Å². The Balaban J connectivity index is 1.68. The number of nitrogens with zero attached hydrogens (tertiary/aromatic N) is 6. The normalized spacial score (nSPS) is 25.5. The summed E-state index contributed by atoms with van der Waals surface area (Å²) in [6, 6.07) is 2.86. The molecule has 32 heavy (non-hydrogen) atoms. The van der Waals surface area contributed by atoms with E-state index in [1.807, 2.05) is 6.07 Å². The van der Waals surface area contributed by atoms with E-state index in [0.717, 1.165) is 11.8 Å². The van der Waals surface area contributed by atoms with Gasteiger partial charge >= 0.3 is 0 Å². The van der Waals surface area contributed by atoms with Gasteiger partial charge in [0.2, 0.25) is 0 Å². The first kappa shape index (κ1) is 22.9. The molecule has 168 valence electrons. The SMILES string of the molecule is CO[C@@H]1C(Sc2cc(Cl)cnc2C#N)OC(CO)C(O)C1n1cc(-c2csc(N)n2)nn1. The molecular weight excluding hydrogens is 478 g/mol. The molecule has 4 N–H and O–H groups in total. The Kier molecular flexibility index (Phi) is 6.91. The lowest BCUT2D eigenvalue weighted by atomic mass is 9.97. The number of aliphatic hydroxyl groups excluding tert-OH is 2. The van der Waals surface area contributed by atoms with Crippen molar-refractivity contribution in [2.45, 2.75) is 34.7 Å². The third kappa shape index (κ3) is 4.44. The van der Waals surface area contributed by atoms with E-state index in [9.17, 15) is 15.5 Å². The van der Waals surface area contributed by atoms with Crippen molar-refractivity contribution in [3.63, 3.8) is 0 Å². The van der Waals surface area contributed by atoms with Gasteiger partial charge in [0.1, 0.15) is 47.2 Å². The monoisotopic (exact) mass is 495 g/mol. The minimum atomic E-state index is -1.15. The van der Waals surface area contributed by atoms with Crippen molar-refractivity contribution in [3.8, 4) is 17.5 Å². The van der Waals surface area contributed by atoms with Gasteiger partial charge in [0, 0.05) is 23.6 Å². The second-order valence-electron chi connectivity index (χ2n) is 6.79. The topological polar surface area (TPSA) is 165 Å². The number of thiazole rings is 1. The molecule has 1 aliphatic heterocycles. The maximum Gasteiger partial charge on any atom is 0.180 e. The fraction of sp³-hybridized carbons (Fsp3) is 0.389. The molecule has 0 amide bonds. The first-order valence-electron chi connectivity index (χ1n) is 9.27. The fourth-order valence-electron chi connectivity index (χ4n) is 3.37. The molecule has 14 heteroatoms. The van der Waals surface area contributed by atoms with Crippen LogP contribution in [0.25, 0.3) is 11.4 Å². The molecule has 5 atom stereocenters. The Labute approximate surface area is 195 Å². The van der Waals surface area contributed by atoms with Crippen LogP contribution in [0.4, 0.5) is 5.13 Å². The molecule has 4 unspecified atom stereocenters. The van der Waals surface area contributed by atoms with Crippen molar-refractivity contribution in [1.29, 1.82) is 5.26 Å². The number of aliphatic hydroxyl groups is 2. The standard InChI is InChI=1S/C18H18ClN7O4S2/c1-29-16-14(26-5-10(24-25-26)11-7-31-18(21)23-11)15(28)12(6-27)30-17(16)32-13-2-8(19)4-22-9(13)3-20/h2,4-5,7,12,14-17,27-28H,6H2,1H3,(H2,21,23)/t12?,14?,15?,16-,17?/m0/s1. The van der Waals surface area contributed by atoms with E-state index in [-0.39, 0.29) is 5.69 Å². The van der Waals surface area contributed by atoms with Crippen LogP contribution in [0.15, 0.2) is 28.7 Å². The number of pyridine rings is 1. The van der Waals surface area contributed by atoms with Crippen LogP contribution >= 0.6 is 34.7 Å². The number of methoxy groups -OCH3 is 1. The number of nitrogen functional groups attached to an aromatic ring is 1. The van der Waals surface area contributed by atoms with Crippen molar-refractivity contribution < 1.29 is 19.7 Å². The summed E-state index contributed by atoms with van der Waals surface area (Å²) in [6.45, 7) is -0.436. The second kappa shape index (κ2) is 9.67. The summed E-state index contributed by atoms with van der Waals surface area (Å²) < 4.78 is 13.1. The Bertz CT molecular complexity index is 1140. The van der Waals surface area contributed by atoms with Crippen molar-refractivity contribution in [3.05, 3.63) is 34.6 Å². The third-order valence-corrected chi connectivity index (χ3v) is 6.92. The predicted molar refractivity (Wildman–Crippen MR) is 117 cm³/mol. The summed E-state index contributed by atoms with van der Waals surface area (Å²) in [5.74, 6) is 0. The fourth-order valence-corrected chi connectivity index (χ4v) is 5.41. The maximum absolute atomic E-state index is 10.9. The van der Waals surface area contributed by atoms with E-state index in [4.69, 9.17) is 26.8 Å². The molecule has 0 saturated carbocycles. The summed E-state index contributed by atoms with van der Waals surface area (Å²) in [7, 11) is 1.47. The van der Waals surface area contributed by atoms with Gasteiger partial charge in [-0.1, -0.05) is 28.6 Å². The number of ether oxygens (including phenoxy) is 2. The Hall–Kier alpha value is -2.31. The molecular formula is C18H18ClN7O4S2. The molecule has 4 rings (SSSR count). The summed E-state index contributed by atoms with van der Waals surface area (Å²) in [5.41, 5.74) is 6.18. The predicted octanol–water partition coefficient (Wildman–Crippen LogP) is 1.33. The van der Waals surface area contributed by atoms with Gasteiger partial charge in [-0.15, -0.1) is 16.4 Å². The highest BCUT2D eigenvalue weighted by atomic mass is 35.5. The molecule has 3 aromatic heterocycles. The lowest BCUT2D eigenvalue weighted by Gasteiger charge is -2.43. The minimum Gasteiger partial charge on any atom is -0.394 e. The van der Waals surface area contributed by atoms with Gasteiger partial charge in [0.15, 0.2) is 10.8 Å². The molecule has 0 spiro atoms. The van der Waals surface area contributed by atoms with E-state index in [2.05, 4.69) is 20.3 Å². The van der Waals surface area contributed by atoms with Gasteiger partial charge in [-0.25, -0.2) is 14.6 Å². The quantitative estimate of drug-likeness (QED) is 0.451. The number of hydrogen-bond donors (Lipinski definition) is 3. The average molecular weight is 496 g/mol. The number of nitriles is 1. The first-order chi connectivity index (χ1) is 15.4. The van der Waals surface area contributed by atoms with Crippen LogP contribution < -0.4 is 5.73 Å². The molecule has 0 aromatic carbocycles. The zero-order valence-electron chi connectivity index (χ0n) is 16.6. The lowest BCUT2D eigenvalue weighted by molar-refractivity contribution is -0.186. The summed E-state index contributed by atoms with van der Waals surface area (Å²) in [6.07, 6.45) is 0.204. The molecule has 1 aliphatic rings. The first-order valence-corrected chi connectivity index (χ1v) is 11.4. The Morgan fingerprint density at radius 1 is 1.47 bits per heavy atom. The van der Waals surface area contributed by atoms with Crippen molar-refractivity contribution in [2.24, 2.45) is 0 Å². The zero-order chi connectivity index (χ0) is 22.8. The van der Waals surface area contributed by atoms with Crippen LogP contribution in [0.2, 0.25) is 5.02 Å². The molecule has 11 nitrogen and oxygen atoms in total. The molecule has 0 aliphatic carbocycles. The van der Waals surface area contributed by atoms with Crippen LogP contribution in [0.5, 0.6) is 0 Å². The number of hydrogen-bond acceptors (Lipinski definition) is 12. The largest absolute Gasteiger partial charge is 0.394 e. The summed E-state index contributed by atoms with van der Waals surface area (Å²) in [4.78, 5) is 8.71. The highest BCUT2D eigenvalue weighted by Gasteiger charge is 2.47. The smallest absolute Gasteiger partial charge is 0.180 e. The zero-order valence-corrected chi connectivity index (χ0v) is 19.0. The van der Waals surface area contributed by atoms with Crippen molar-refractivity contribution in [1.82, 2.24) is 25.0 Å². The summed E-state index contributed by atoms with van der Waals surface area (Å²) in [5, 5.41) is 40.9. The van der Waals surface area contributed by atoms with Crippen LogP contribution in [-0.4, -0.2) is 72.6 Å². The van der Waals surface area contributed by atoms with Crippen LogP contribution in [0, 0.1) is 11.3 Å². The van der Waals surface area contributed by atoms with E-state index < -0.39 is 36.4 Å². The molecule has 0 radical (unpaired) electrons. The van der Waals surface area contributed by atoms with Crippen LogP contribution in [0.1, 0.15) is 11.7 Å². The third-order valence-electron chi connectivity index (χ3n) is 4.87. The maximum atomic E-state index is 10.9. The minimum absolute atomic E-state index is 0.172. The van der Waals surface area contributed by atoms with Crippen molar-refractivity contribution in [2.75, 3.05) is 19.5 Å². The molecule has 1 saturated heterocycles. The van der Waals surface area contributed by atoms with E-state index in [1.165, 1.54) is 29.3 Å². The van der Waals surface area contributed by atoms with Gasteiger partial charge in [-0.05, 0) is 6.07 Å². The van der Waals surface area contributed by atoms with E-state index in [0.29, 0.717) is 26.4 Å². The number of aromatic nitrogens is 5. The number of halogens is 1. The van der Waals surface area contributed by atoms with Crippen LogP contribution in [0.3, 0.4) is 0 Å². The number of rotatable bonds is 6. The number of anilines is 1. The number of thioether (sulfide) groups is 1. The van der Waals surface area contributed by atoms with Gasteiger partial charge in [-0.3, -0.25) is 0 Å². The van der Waals surface area contributed by atoms with Gasteiger partial charge in [0.05, 0.1) is 17.8 Å². The Morgan fingerprint density at radius 3 is 2.94 bits per heavy atom. The highest BCUT2D eigenvalue weighted by molar-refractivity contribution is 7.99. The van der Waals surface area contributed by atoms with E-state index >= 15 is 0 Å². The molecule has 4 heterocycles. The average Bonchev–Trinajstić information content (AvgIpc) is 3.43. The Morgan fingerprint density at radius 2 is 2.28 bits per heavy atom. The van der Waals surface area contributed by atoms with Crippen molar-refractivity contribution >= 4 is 39.8 Å². The molecule has 1 fully saturated rings.